The average molecular weight is 430 g/mol. The number of nitrogens with zero attached hydrogens (tertiary/aromatic N) is 3. The fourth-order valence-corrected chi connectivity index (χ4v) is 3.51. The lowest BCUT2D eigenvalue weighted by Gasteiger charge is -2.26. The molecule has 4 aromatic rings. The van der Waals surface area contributed by atoms with Crippen LogP contribution in [0.15, 0.2) is 72.0 Å². The number of pyridine rings is 1. The monoisotopic (exact) mass is 430 g/mol. The molecule has 0 aliphatic carbocycles. The maximum Gasteiger partial charge on any atom is 0.279 e. The van der Waals surface area contributed by atoms with Crippen LogP contribution in [0.3, 0.4) is 0 Å². The van der Waals surface area contributed by atoms with Crippen molar-refractivity contribution in [1.29, 1.82) is 0 Å². The maximum absolute atomic E-state index is 13.2. The Morgan fingerprint density at radius 3 is 2.62 bits per heavy atom. The van der Waals surface area contributed by atoms with Crippen LogP contribution < -0.4 is 16.2 Å². The van der Waals surface area contributed by atoms with E-state index >= 15 is 0 Å². The van der Waals surface area contributed by atoms with E-state index in [0.717, 1.165) is 11.1 Å². The highest BCUT2D eigenvalue weighted by Crippen LogP contribution is 2.20. The number of aryl methyl sites for hydroxylation is 1. The second-order valence-electron chi connectivity index (χ2n) is 7.48. The van der Waals surface area contributed by atoms with Gasteiger partial charge in [-0.3, -0.25) is 14.4 Å². The molecule has 0 aliphatic heterocycles. The number of amides is 2. The van der Waals surface area contributed by atoms with Crippen LogP contribution in [0.2, 0.25) is 0 Å². The molecule has 3 N–H and O–H groups in total. The molecule has 9 nitrogen and oxygen atoms in total. The average Bonchev–Trinajstić information content (AvgIpc) is 3.21. The van der Waals surface area contributed by atoms with E-state index in [1.165, 1.54) is 18.6 Å². The van der Waals surface area contributed by atoms with Crippen LogP contribution in [-0.4, -0.2) is 37.4 Å². The van der Waals surface area contributed by atoms with E-state index in [4.69, 9.17) is 0 Å². The Kier molecular flexibility index (Phi) is 5.80. The van der Waals surface area contributed by atoms with Crippen LogP contribution in [0.4, 0.5) is 0 Å². The Bertz CT molecular complexity index is 1330. The highest BCUT2D eigenvalue weighted by Gasteiger charge is 2.26. The molecule has 0 saturated carbocycles. The van der Waals surface area contributed by atoms with E-state index < -0.39 is 23.6 Å². The predicted octanol–water partition coefficient (Wildman–Crippen LogP) is 2.02. The third-order valence-corrected chi connectivity index (χ3v) is 5.15. The van der Waals surface area contributed by atoms with Gasteiger partial charge >= 0.3 is 0 Å². The molecule has 162 valence electrons. The lowest BCUT2D eigenvalue weighted by molar-refractivity contribution is 0.0884. The number of carbonyl (C=O) groups excluding carboxylic acids is 2. The molecule has 3 heterocycles. The summed E-state index contributed by atoms with van der Waals surface area (Å²) in [5.41, 5.74) is 2.10. The molecule has 0 fully saturated rings. The Morgan fingerprint density at radius 1 is 1.09 bits per heavy atom. The van der Waals surface area contributed by atoms with Gasteiger partial charge in [0.15, 0.2) is 5.69 Å². The zero-order valence-corrected chi connectivity index (χ0v) is 17.6. The zero-order valence-electron chi connectivity index (χ0n) is 17.6. The summed E-state index contributed by atoms with van der Waals surface area (Å²) in [6.07, 6.45) is 6.00. The summed E-state index contributed by atoms with van der Waals surface area (Å²) in [4.78, 5) is 44.0. The number of rotatable bonds is 6. The number of fused-ring (bicyclic) bond motifs is 1. The number of carbonyl (C=O) groups is 2. The number of aromatic amines is 1. The van der Waals surface area contributed by atoms with Crippen molar-refractivity contribution >= 4 is 17.3 Å². The smallest absolute Gasteiger partial charge is 0.279 e. The molecule has 2 amide bonds. The maximum atomic E-state index is 13.2. The molecule has 2 atom stereocenters. The van der Waals surface area contributed by atoms with Crippen molar-refractivity contribution in [2.45, 2.75) is 25.9 Å². The first-order chi connectivity index (χ1) is 15.4. The zero-order chi connectivity index (χ0) is 22.7. The minimum atomic E-state index is -0.624. The van der Waals surface area contributed by atoms with Crippen LogP contribution in [0.25, 0.3) is 5.52 Å². The molecule has 2 unspecified atom stereocenters. The molecule has 0 spiro atoms. The summed E-state index contributed by atoms with van der Waals surface area (Å²) >= 11 is 0. The summed E-state index contributed by atoms with van der Waals surface area (Å²) in [7, 11) is 0. The Hall–Kier alpha value is -4.27. The molecule has 32 heavy (non-hydrogen) atoms. The minimum absolute atomic E-state index is 0.240. The van der Waals surface area contributed by atoms with Gasteiger partial charge in [0.2, 0.25) is 0 Å². The van der Waals surface area contributed by atoms with Crippen LogP contribution >= 0.6 is 0 Å². The van der Waals surface area contributed by atoms with Gasteiger partial charge in [0.1, 0.15) is 0 Å². The largest absolute Gasteiger partial charge is 0.346 e. The highest BCUT2D eigenvalue weighted by atomic mass is 16.2. The summed E-state index contributed by atoms with van der Waals surface area (Å²) in [5.74, 6) is -0.947. The summed E-state index contributed by atoms with van der Waals surface area (Å²) in [6, 6.07) is 12.0. The quantitative estimate of drug-likeness (QED) is 0.432. The van der Waals surface area contributed by atoms with Gasteiger partial charge in [-0.05, 0) is 37.1 Å². The van der Waals surface area contributed by atoms with Gasteiger partial charge in [-0.1, -0.05) is 30.3 Å². The van der Waals surface area contributed by atoms with Gasteiger partial charge in [-0.2, -0.15) is 5.10 Å². The van der Waals surface area contributed by atoms with Crippen molar-refractivity contribution in [2.24, 2.45) is 0 Å². The van der Waals surface area contributed by atoms with Crippen molar-refractivity contribution in [3.63, 3.8) is 0 Å². The first-order valence-corrected chi connectivity index (χ1v) is 10.1. The minimum Gasteiger partial charge on any atom is -0.346 e. The summed E-state index contributed by atoms with van der Waals surface area (Å²) in [5, 5.41) is 10.0. The van der Waals surface area contributed by atoms with Crippen molar-refractivity contribution < 1.29 is 9.59 Å². The second kappa shape index (κ2) is 8.84. The Morgan fingerprint density at radius 2 is 1.88 bits per heavy atom. The number of benzene rings is 1. The van der Waals surface area contributed by atoms with Gasteiger partial charge in [0.05, 0.1) is 29.4 Å². The molecule has 1 aromatic carbocycles. The summed E-state index contributed by atoms with van der Waals surface area (Å²) in [6.45, 7) is 3.70. The normalized spacial score (nSPS) is 12.8. The Labute approximate surface area is 183 Å². The van der Waals surface area contributed by atoms with E-state index in [1.54, 1.807) is 17.6 Å². The van der Waals surface area contributed by atoms with Crippen LogP contribution in [-0.2, 0) is 0 Å². The number of hydrogen-bond acceptors (Lipinski definition) is 5. The van der Waals surface area contributed by atoms with E-state index in [2.05, 4.69) is 25.7 Å². The van der Waals surface area contributed by atoms with E-state index in [0.29, 0.717) is 11.1 Å². The number of hydrogen-bond donors (Lipinski definition) is 3. The van der Waals surface area contributed by atoms with E-state index in [1.807, 2.05) is 49.4 Å². The second-order valence-corrected chi connectivity index (χ2v) is 7.48. The van der Waals surface area contributed by atoms with Crippen molar-refractivity contribution in [2.75, 3.05) is 0 Å². The van der Waals surface area contributed by atoms with Gasteiger partial charge in [0, 0.05) is 18.6 Å². The molecule has 0 aliphatic rings. The fraction of sp³-hybridized carbons (Fsp3) is 0.174. The molecule has 0 bridgehead atoms. The van der Waals surface area contributed by atoms with Gasteiger partial charge in [-0.15, -0.1) is 0 Å². The number of H-pyrrole nitrogens is 1. The van der Waals surface area contributed by atoms with Crippen LogP contribution in [0.5, 0.6) is 0 Å². The van der Waals surface area contributed by atoms with Crippen LogP contribution in [0.1, 0.15) is 44.9 Å². The number of aromatic nitrogens is 4. The summed E-state index contributed by atoms with van der Waals surface area (Å²) < 4.78 is 1.64. The first-order valence-electron chi connectivity index (χ1n) is 10.1. The number of nitrogens with one attached hydrogen (secondary N) is 3. The Balaban J connectivity index is 1.61. The third-order valence-electron chi connectivity index (χ3n) is 5.15. The molecular formula is C23H22N6O3. The molecule has 0 radical (unpaired) electrons. The van der Waals surface area contributed by atoms with Crippen molar-refractivity contribution in [3.8, 4) is 0 Å². The topological polar surface area (TPSA) is 121 Å². The van der Waals surface area contributed by atoms with E-state index in [-0.39, 0.29) is 11.6 Å². The molecule has 3 aromatic heterocycles. The molecule has 4 rings (SSSR count). The van der Waals surface area contributed by atoms with Crippen LogP contribution in [0, 0.1) is 6.92 Å². The standard InChI is InChI=1S/C23H22N6O3/c1-14-8-11-29-18(12-14)17(13-26-29)21(30)28-19(16-6-4-3-5-7-16)15(2)27-23(32)20-22(31)25-10-9-24-20/h3-13,15,19H,1-2H3,(H,25,31)(H,27,32)(H,28,30). The lowest BCUT2D eigenvalue weighted by Crippen LogP contribution is -2.45. The first kappa shape index (κ1) is 21.0. The van der Waals surface area contributed by atoms with E-state index in [9.17, 15) is 14.4 Å². The van der Waals surface area contributed by atoms with Gasteiger partial charge < -0.3 is 15.6 Å². The third kappa shape index (κ3) is 4.27. The van der Waals surface area contributed by atoms with Gasteiger partial charge in [0.25, 0.3) is 17.4 Å². The lowest BCUT2D eigenvalue weighted by atomic mass is 9.99. The highest BCUT2D eigenvalue weighted by molar-refractivity contribution is 6.01. The van der Waals surface area contributed by atoms with Gasteiger partial charge in [-0.25, -0.2) is 9.50 Å². The predicted molar refractivity (Wildman–Crippen MR) is 118 cm³/mol. The van der Waals surface area contributed by atoms with Crippen molar-refractivity contribution in [3.05, 3.63) is 100.0 Å². The van der Waals surface area contributed by atoms with Crippen molar-refractivity contribution in [1.82, 2.24) is 30.2 Å². The molecule has 9 heteroatoms. The fourth-order valence-electron chi connectivity index (χ4n) is 3.51. The molecular weight excluding hydrogens is 408 g/mol. The SMILES string of the molecule is Cc1ccn2ncc(C(=O)NC(c3ccccc3)C(C)NC(=O)c3ncc[nH]c3=O)c2c1. The molecule has 0 saturated heterocycles.